The van der Waals surface area contributed by atoms with Gasteiger partial charge < -0.3 is 0 Å². The Labute approximate surface area is 250 Å². The van der Waals surface area contributed by atoms with E-state index in [-0.39, 0.29) is 10.8 Å². The summed E-state index contributed by atoms with van der Waals surface area (Å²) in [4.78, 5) is 0. The molecule has 0 heterocycles. The zero-order valence-electron chi connectivity index (χ0n) is 25.7. The molecule has 206 valence electrons. The summed E-state index contributed by atoms with van der Waals surface area (Å²) in [5.74, 6) is 0.536. The topological polar surface area (TPSA) is 0 Å². The first-order valence-electron chi connectivity index (χ1n) is 15.5. The minimum absolute atomic E-state index is 0.144. The predicted octanol–water partition coefficient (Wildman–Crippen LogP) is 10.7. The van der Waals surface area contributed by atoms with Gasteiger partial charge in [0.2, 0.25) is 0 Å². The molecule has 1 unspecified atom stereocenters. The number of allylic oxidation sites excluding steroid dienone is 4. The molecule has 1 fully saturated rings. The van der Waals surface area contributed by atoms with E-state index in [0.717, 1.165) is 0 Å². The van der Waals surface area contributed by atoms with Gasteiger partial charge >= 0.3 is 252 Å². The van der Waals surface area contributed by atoms with Crippen molar-refractivity contribution in [1.29, 1.82) is 0 Å². The quantitative estimate of drug-likeness (QED) is 0.279. The summed E-state index contributed by atoms with van der Waals surface area (Å²) in [5, 5.41) is 0. The molecular formula is C39H46Zr. The van der Waals surface area contributed by atoms with Gasteiger partial charge in [0.1, 0.15) is 0 Å². The van der Waals surface area contributed by atoms with Crippen LogP contribution in [-0.2, 0) is 32.1 Å². The summed E-state index contributed by atoms with van der Waals surface area (Å²) >= 11 is -2.32. The molecule has 3 aromatic rings. The molecule has 0 radical (unpaired) electrons. The Morgan fingerprint density at radius 2 is 1.23 bits per heavy atom. The Bertz CT molecular complexity index is 1460. The molecule has 6 rings (SSSR count). The fraction of sp³-hybridized carbons (Fsp3) is 0.410. The number of fused-ring (bicyclic) bond motifs is 3. The van der Waals surface area contributed by atoms with Crippen molar-refractivity contribution in [3.63, 3.8) is 0 Å². The molecule has 0 aromatic heterocycles. The number of hydrogen-bond acceptors (Lipinski definition) is 0. The molecule has 1 atom stereocenters. The monoisotopic (exact) mass is 604 g/mol. The SMILES string of the molecule is CC1C=C(c2ccccc2)C=[C]1[Zr](=[C]1CCCCC1)[CH]1c2ccc(C(C)(C)C)cc2-c2cc(C(C)(C)C)ccc21. The van der Waals surface area contributed by atoms with Gasteiger partial charge in [0.15, 0.2) is 0 Å². The van der Waals surface area contributed by atoms with E-state index in [0.29, 0.717) is 9.54 Å². The van der Waals surface area contributed by atoms with Crippen molar-refractivity contribution < 1.29 is 21.3 Å². The summed E-state index contributed by atoms with van der Waals surface area (Å²) in [6, 6.07) is 26.2. The van der Waals surface area contributed by atoms with Crippen LogP contribution < -0.4 is 0 Å². The zero-order valence-corrected chi connectivity index (χ0v) is 28.2. The van der Waals surface area contributed by atoms with Crippen LogP contribution in [0.4, 0.5) is 0 Å². The standard InChI is InChI=1S/C21H25.C12H11.C6H10.Zr/c1-20(2,3)16-9-7-14-11-15-8-10-17(21(4,5)6)13-19(15)18(14)12-16;1-10-7-8-12(9-10)11-5-3-2-4-6-11;1-2-4-6-5-3-1;/h7-13H,1-6H3;2-6,8-10H,1H3;1-5H2;. The molecule has 0 bridgehead atoms. The normalized spacial score (nSPS) is 19.3. The molecule has 0 N–H and O–H groups in total. The molecule has 0 amide bonds. The molecule has 0 spiro atoms. The van der Waals surface area contributed by atoms with E-state index in [2.05, 4.69) is 127 Å². The maximum atomic E-state index is 2.65. The maximum absolute atomic E-state index is 2.65. The Balaban J connectivity index is 1.57. The van der Waals surface area contributed by atoms with E-state index < -0.39 is 21.3 Å². The summed E-state index contributed by atoms with van der Waals surface area (Å²) in [7, 11) is 0. The molecule has 40 heavy (non-hydrogen) atoms. The first-order valence-corrected chi connectivity index (χ1v) is 19.4. The average molecular weight is 606 g/mol. The Morgan fingerprint density at radius 3 is 1.75 bits per heavy atom. The summed E-state index contributed by atoms with van der Waals surface area (Å²) in [6.45, 7) is 16.6. The Hall–Kier alpha value is -2.11. The third-order valence-electron chi connectivity index (χ3n) is 9.53. The van der Waals surface area contributed by atoms with Crippen LogP contribution in [0.15, 0.2) is 82.2 Å². The average Bonchev–Trinajstić information content (AvgIpc) is 3.47. The van der Waals surface area contributed by atoms with E-state index in [1.54, 1.807) is 11.1 Å². The van der Waals surface area contributed by atoms with E-state index in [4.69, 9.17) is 0 Å². The van der Waals surface area contributed by atoms with Crippen molar-refractivity contribution in [2.24, 2.45) is 5.92 Å². The first-order chi connectivity index (χ1) is 19.0. The van der Waals surface area contributed by atoms with Gasteiger partial charge in [-0.1, -0.05) is 0 Å². The molecule has 3 aromatic carbocycles. The summed E-state index contributed by atoms with van der Waals surface area (Å²) in [5.41, 5.74) is 12.3. The van der Waals surface area contributed by atoms with Crippen LogP contribution >= 0.6 is 0 Å². The number of rotatable bonds is 3. The Morgan fingerprint density at radius 1 is 0.675 bits per heavy atom. The van der Waals surface area contributed by atoms with E-state index in [9.17, 15) is 0 Å². The molecular weight excluding hydrogens is 560 g/mol. The summed E-state index contributed by atoms with van der Waals surface area (Å²) < 4.78 is 4.39. The third-order valence-corrected chi connectivity index (χ3v) is 18.6. The first kappa shape index (κ1) is 28.0. The second-order valence-electron chi connectivity index (χ2n) is 14.5. The summed E-state index contributed by atoms with van der Waals surface area (Å²) in [6.07, 6.45) is 12.1. The van der Waals surface area contributed by atoms with Crippen LogP contribution in [0, 0.1) is 5.92 Å². The fourth-order valence-corrected chi connectivity index (χ4v) is 17.1. The molecule has 3 aliphatic carbocycles. The van der Waals surface area contributed by atoms with Crippen molar-refractivity contribution in [2.45, 2.75) is 95.0 Å². The van der Waals surface area contributed by atoms with E-state index in [1.165, 1.54) is 65.5 Å². The van der Waals surface area contributed by atoms with Crippen molar-refractivity contribution in [2.75, 3.05) is 0 Å². The molecule has 1 heteroatoms. The van der Waals surface area contributed by atoms with Crippen molar-refractivity contribution in [1.82, 2.24) is 0 Å². The van der Waals surface area contributed by atoms with Gasteiger partial charge in [-0.15, -0.1) is 0 Å². The number of hydrogen-bond donors (Lipinski definition) is 0. The minimum atomic E-state index is -2.32. The molecule has 0 nitrogen and oxygen atoms in total. The van der Waals surface area contributed by atoms with E-state index in [1.807, 2.05) is 6.49 Å². The Kier molecular flexibility index (Phi) is 7.44. The van der Waals surface area contributed by atoms with Gasteiger partial charge in [-0.25, -0.2) is 0 Å². The third kappa shape index (κ3) is 5.18. The van der Waals surface area contributed by atoms with Gasteiger partial charge in [-0.05, 0) is 0 Å². The molecule has 0 aliphatic heterocycles. The van der Waals surface area contributed by atoms with E-state index >= 15 is 0 Å². The van der Waals surface area contributed by atoms with Crippen molar-refractivity contribution >= 4 is 8.78 Å². The fourth-order valence-electron chi connectivity index (χ4n) is 7.16. The van der Waals surface area contributed by atoms with Crippen LogP contribution in [-0.4, -0.2) is 3.21 Å². The van der Waals surface area contributed by atoms with Gasteiger partial charge in [0.05, 0.1) is 0 Å². The van der Waals surface area contributed by atoms with Crippen LogP contribution in [0.2, 0.25) is 0 Å². The van der Waals surface area contributed by atoms with Crippen molar-refractivity contribution in [3.05, 3.63) is 110 Å². The second-order valence-corrected chi connectivity index (χ2v) is 21.1. The van der Waals surface area contributed by atoms with Crippen molar-refractivity contribution in [3.8, 4) is 11.1 Å². The zero-order chi connectivity index (χ0) is 28.2. The second kappa shape index (κ2) is 10.6. The van der Waals surface area contributed by atoms with Crippen LogP contribution in [0.5, 0.6) is 0 Å². The van der Waals surface area contributed by atoms with Gasteiger partial charge in [-0.2, -0.15) is 0 Å². The van der Waals surface area contributed by atoms with Gasteiger partial charge in [-0.3, -0.25) is 0 Å². The van der Waals surface area contributed by atoms with Crippen LogP contribution in [0.3, 0.4) is 0 Å². The van der Waals surface area contributed by atoms with Crippen LogP contribution in [0.1, 0.15) is 112 Å². The molecule has 0 saturated heterocycles. The van der Waals surface area contributed by atoms with Crippen LogP contribution in [0.25, 0.3) is 16.7 Å². The van der Waals surface area contributed by atoms with Gasteiger partial charge in [0, 0.05) is 0 Å². The van der Waals surface area contributed by atoms with Gasteiger partial charge in [0.25, 0.3) is 0 Å². The number of benzene rings is 3. The predicted molar refractivity (Wildman–Crippen MR) is 171 cm³/mol. The molecule has 3 aliphatic rings. The molecule has 1 saturated carbocycles.